The first kappa shape index (κ1) is 10.5. The highest BCUT2D eigenvalue weighted by molar-refractivity contribution is 7.80. The van der Waals surface area contributed by atoms with Crippen LogP contribution in [0.15, 0.2) is 24.3 Å². The van der Waals surface area contributed by atoms with Crippen LogP contribution in [-0.2, 0) is 6.42 Å². The maximum atomic E-state index is 8.53. The quantitative estimate of drug-likeness (QED) is 0.721. The molecule has 0 heterocycles. The number of nitrogens with one attached hydrogen (secondary N) is 2. The van der Waals surface area contributed by atoms with Gasteiger partial charge in [0.2, 0.25) is 0 Å². The normalized spacial score (nSPS) is 8.86. The van der Waals surface area contributed by atoms with E-state index in [1.54, 1.807) is 7.05 Å². The highest BCUT2D eigenvalue weighted by Crippen LogP contribution is 2.10. The van der Waals surface area contributed by atoms with Gasteiger partial charge in [-0.3, -0.25) is 0 Å². The van der Waals surface area contributed by atoms with E-state index in [-0.39, 0.29) is 0 Å². The Bertz CT molecular complexity index is 368. The number of rotatable bonds is 2. The third-order valence-electron chi connectivity index (χ3n) is 1.70. The van der Waals surface area contributed by atoms with E-state index in [4.69, 9.17) is 17.5 Å². The van der Waals surface area contributed by atoms with E-state index >= 15 is 0 Å². The molecule has 0 atom stereocenters. The molecule has 1 aromatic rings. The van der Waals surface area contributed by atoms with Crippen molar-refractivity contribution in [1.29, 1.82) is 5.26 Å². The molecule has 1 rings (SSSR count). The summed E-state index contributed by atoms with van der Waals surface area (Å²) in [5.74, 6) is 0. The van der Waals surface area contributed by atoms with E-state index in [1.165, 1.54) is 0 Å². The molecular weight excluding hydrogens is 194 g/mol. The van der Waals surface area contributed by atoms with Gasteiger partial charge in [0.1, 0.15) is 0 Å². The zero-order chi connectivity index (χ0) is 10.4. The molecule has 0 saturated carbocycles. The summed E-state index contributed by atoms with van der Waals surface area (Å²) < 4.78 is 0. The smallest absolute Gasteiger partial charge is 0.170 e. The second-order valence-electron chi connectivity index (χ2n) is 2.74. The van der Waals surface area contributed by atoms with Crippen molar-refractivity contribution in [2.75, 3.05) is 12.4 Å². The fourth-order valence-electron chi connectivity index (χ4n) is 1.04. The van der Waals surface area contributed by atoms with Gasteiger partial charge in [0, 0.05) is 12.7 Å². The van der Waals surface area contributed by atoms with E-state index in [2.05, 4.69) is 16.7 Å². The summed E-state index contributed by atoms with van der Waals surface area (Å²) in [6, 6.07) is 9.73. The first-order chi connectivity index (χ1) is 6.76. The zero-order valence-corrected chi connectivity index (χ0v) is 8.69. The Morgan fingerprint density at radius 1 is 1.57 bits per heavy atom. The number of anilines is 1. The van der Waals surface area contributed by atoms with Crippen LogP contribution in [0.4, 0.5) is 5.69 Å². The molecule has 1 aromatic carbocycles. The summed E-state index contributed by atoms with van der Waals surface area (Å²) in [6.45, 7) is 0. The second kappa shape index (κ2) is 5.20. The van der Waals surface area contributed by atoms with Gasteiger partial charge < -0.3 is 10.6 Å². The molecule has 0 aliphatic carbocycles. The van der Waals surface area contributed by atoms with Crippen molar-refractivity contribution in [3.63, 3.8) is 0 Å². The number of nitrogens with zero attached hydrogens (tertiary/aromatic N) is 1. The lowest BCUT2D eigenvalue weighted by Gasteiger charge is -2.07. The Kier molecular flexibility index (Phi) is 3.89. The van der Waals surface area contributed by atoms with Gasteiger partial charge in [-0.05, 0) is 29.9 Å². The lowest BCUT2D eigenvalue weighted by Crippen LogP contribution is -2.24. The zero-order valence-electron chi connectivity index (χ0n) is 7.87. The molecule has 0 amide bonds. The van der Waals surface area contributed by atoms with E-state index < -0.39 is 0 Å². The highest BCUT2D eigenvalue weighted by atomic mass is 32.1. The fraction of sp³-hybridized carbons (Fsp3) is 0.200. The molecule has 0 saturated heterocycles. The van der Waals surface area contributed by atoms with Crippen LogP contribution in [0.3, 0.4) is 0 Å². The van der Waals surface area contributed by atoms with E-state index in [9.17, 15) is 0 Å². The molecular formula is C10H11N3S. The maximum Gasteiger partial charge on any atom is 0.170 e. The first-order valence-electron chi connectivity index (χ1n) is 4.21. The minimum atomic E-state index is 0.418. The van der Waals surface area contributed by atoms with Crippen molar-refractivity contribution < 1.29 is 0 Å². The largest absolute Gasteiger partial charge is 0.366 e. The van der Waals surface area contributed by atoms with Crippen LogP contribution in [0.1, 0.15) is 5.56 Å². The fourth-order valence-corrected chi connectivity index (χ4v) is 1.16. The lowest BCUT2D eigenvalue weighted by molar-refractivity contribution is 1.19. The van der Waals surface area contributed by atoms with Crippen LogP contribution in [-0.4, -0.2) is 12.2 Å². The minimum Gasteiger partial charge on any atom is -0.366 e. The van der Waals surface area contributed by atoms with Crippen LogP contribution in [0, 0.1) is 11.3 Å². The van der Waals surface area contributed by atoms with Crippen molar-refractivity contribution in [2.45, 2.75) is 6.42 Å². The molecule has 0 aromatic heterocycles. The van der Waals surface area contributed by atoms with Crippen molar-refractivity contribution >= 4 is 23.0 Å². The Labute approximate surface area is 88.7 Å². The molecule has 0 aliphatic rings. The van der Waals surface area contributed by atoms with Crippen molar-refractivity contribution in [3.05, 3.63) is 29.8 Å². The van der Waals surface area contributed by atoms with E-state index in [0.29, 0.717) is 11.5 Å². The highest BCUT2D eigenvalue weighted by Gasteiger charge is 1.96. The second-order valence-corrected chi connectivity index (χ2v) is 3.15. The summed E-state index contributed by atoms with van der Waals surface area (Å²) in [6.07, 6.45) is 0.418. The van der Waals surface area contributed by atoms with Gasteiger partial charge in [-0.15, -0.1) is 0 Å². The van der Waals surface area contributed by atoms with E-state index in [0.717, 1.165) is 11.3 Å². The number of hydrogen-bond acceptors (Lipinski definition) is 2. The van der Waals surface area contributed by atoms with Crippen LogP contribution in [0.2, 0.25) is 0 Å². The minimum absolute atomic E-state index is 0.418. The van der Waals surface area contributed by atoms with Gasteiger partial charge in [-0.1, -0.05) is 12.1 Å². The van der Waals surface area contributed by atoms with Crippen molar-refractivity contribution in [3.8, 4) is 6.07 Å². The van der Waals surface area contributed by atoms with Crippen LogP contribution in [0.5, 0.6) is 0 Å². The predicted octanol–water partition coefficient (Wildman–Crippen LogP) is 1.67. The molecule has 0 aliphatic heterocycles. The Balaban J connectivity index is 2.74. The molecule has 72 valence electrons. The third-order valence-corrected chi connectivity index (χ3v) is 2.00. The number of nitriles is 1. The summed E-state index contributed by atoms with van der Waals surface area (Å²) in [7, 11) is 1.76. The molecule has 0 bridgehead atoms. The number of thiocarbonyl (C=S) groups is 1. The molecule has 2 N–H and O–H groups in total. The summed E-state index contributed by atoms with van der Waals surface area (Å²) in [4.78, 5) is 0. The molecule has 0 fully saturated rings. The molecule has 4 heteroatoms. The lowest BCUT2D eigenvalue weighted by atomic mass is 10.1. The van der Waals surface area contributed by atoms with Crippen LogP contribution >= 0.6 is 12.2 Å². The van der Waals surface area contributed by atoms with Crippen molar-refractivity contribution in [2.24, 2.45) is 0 Å². The van der Waals surface area contributed by atoms with Crippen molar-refractivity contribution in [1.82, 2.24) is 5.32 Å². The number of hydrogen-bond donors (Lipinski definition) is 2. The molecule has 0 radical (unpaired) electrons. The summed E-state index contributed by atoms with van der Waals surface area (Å²) >= 11 is 4.96. The topological polar surface area (TPSA) is 47.8 Å². The molecule has 14 heavy (non-hydrogen) atoms. The standard InChI is InChI=1S/C10H11N3S/c1-12-10(14)13-9-4-2-3-8(7-9)5-6-11/h2-4,7H,5H2,1H3,(H2,12,13,14). The first-order valence-corrected chi connectivity index (χ1v) is 4.61. The Hall–Kier alpha value is -1.60. The molecule has 0 unspecified atom stereocenters. The Morgan fingerprint density at radius 2 is 2.36 bits per heavy atom. The summed E-state index contributed by atoms with van der Waals surface area (Å²) in [5.41, 5.74) is 1.88. The monoisotopic (exact) mass is 205 g/mol. The van der Waals surface area contributed by atoms with Crippen LogP contribution < -0.4 is 10.6 Å². The van der Waals surface area contributed by atoms with Gasteiger partial charge in [0.25, 0.3) is 0 Å². The van der Waals surface area contributed by atoms with Gasteiger partial charge in [0.05, 0.1) is 12.5 Å². The SMILES string of the molecule is CNC(=S)Nc1cccc(CC#N)c1. The third kappa shape index (κ3) is 3.04. The van der Waals surface area contributed by atoms with Gasteiger partial charge in [0.15, 0.2) is 5.11 Å². The van der Waals surface area contributed by atoms with Crippen LogP contribution in [0.25, 0.3) is 0 Å². The predicted molar refractivity (Wildman–Crippen MR) is 61.0 cm³/mol. The molecule has 3 nitrogen and oxygen atoms in total. The molecule has 0 spiro atoms. The maximum absolute atomic E-state index is 8.53. The van der Waals surface area contributed by atoms with Gasteiger partial charge in [-0.25, -0.2) is 0 Å². The Morgan fingerprint density at radius 3 is 3.00 bits per heavy atom. The average Bonchev–Trinajstić information content (AvgIpc) is 2.19. The van der Waals surface area contributed by atoms with E-state index in [1.807, 2.05) is 24.3 Å². The average molecular weight is 205 g/mol. The summed E-state index contributed by atoms with van der Waals surface area (Å²) in [5, 5.41) is 14.9. The van der Waals surface area contributed by atoms with Gasteiger partial charge >= 0.3 is 0 Å². The number of benzene rings is 1. The van der Waals surface area contributed by atoms with Gasteiger partial charge in [-0.2, -0.15) is 5.26 Å².